The molecule has 0 spiro atoms. The summed E-state index contributed by atoms with van der Waals surface area (Å²) in [5.74, 6) is -0.456. The van der Waals surface area contributed by atoms with E-state index in [1.54, 1.807) is 10.6 Å². The molecule has 9 nitrogen and oxygen atoms in total. The molecule has 3 aliphatic rings. The number of rotatable bonds is 6. The van der Waals surface area contributed by atoms with Crippen LogP contribution in [-0.4, -0.2) is 50.7 Å². The van der Waals surface area contributed by atoms with Gasteiger partial charge in [0.25, 0.3) is 5.91 Å². The summed E-state index contributed by atoms with van der Waals surface area (Å²) < 4.78 is 32.2. The van der Waals surface area contributed by atoms with Crippen molar-refractivity contribution in [1.29, 1.82) is 0 Å². The number of pyridine rings is 1. The average molecular weight is 441 g/mol. The molecule has 1 amide bonds. The van der Waals surface area contributed by atoms with E-state index in [4.69, 9.17) is 19.2 Å². The number of methoxy groups -OCH3 is 1. The van der Waals surface area contributed by atoms with E-state index in [1.165, 1.54) is 7.11 Å². The number of hydrogen-bond acceptors (Lipinski definition) is 7. The van der Waals surface area contributed by atoms with Crippen molar-refractivity contribution in [2.45, 2.75) is 50.7 Å². The zero-order valence-corrected chi connectivity index (χ0v) is 18.3. The van der Waals surface area contributed by atoms with Gasteiger partial charge in [0.2, 0.25) is 17.5 Å². The van der Waals surface area contributed by atoms with Gasteiger partial charge in [-0.05, 0) is 33.6 Å². The molecule has 3 fully saturated rings. The number of anilines is 1. The fraction of sp³-hybridized carbons (Fsp3) is 0.455. The minimum atomic E-state index is -0.599. The van der Waals surface area contributed by atoms with Crippen LogP contribution in [0.1, 0.15) is 49.7 Å². The number of carbonyl (C=O) groups excluding carboxylic acids is 1. The molecule has 32 heavy (non-hydrogen) atoms. The number of nitrogens with one attached hydrogen (secondary N) is 1. The molecule has 2 bridgehead atoms. The predicted molar refractivity (Wildman–Crippen MR) is 113 cm³/mol. The molecule has 2 saturated heterocycles. The lowest BCUT2D eigenvalue weighted by atomic mass is 9.62. The van der Waals surface area contributed by atoms with Gasteiger partial charge in [-0.1, -0.05) is 0 Å². The van der Waals surface area contributed by atoms with Crippen LogP contribution in [-0.2, 0) is 10.2 Å². The van der Waals surface area contributed by atoms with Gasteiger partial charge >= 0.3 is 0 Å². The van der Waals surface area contributed by atoms with Crippen LogP contribution in [0.3, 0.4) is 0 Å². The summed E-state index contributed by atoms with van der Waals surface area (Å²) in [5, 5.41) is 2.64. The Morgan fingerprint density at radius 1 is 1.28 bits per heavy atom. The lowest BCUT2D eigenvalue weighted by Gasteiger charge is -2.41. The van der Waals surface area contributed by atoms with E-state index < -0.39 is 11.7 Å². The Balaban J connectivity index is 1.52. The number of imidazole rings is 1. The first-order chi connectivity index (χ1) is 15.2. The minimum absolute atomic E-state index is 0.0712. The number of halogens is 1. The van der Waals surface area contributed by atoms with E-state index in [9.17, 15) is 9.18 Å². The van der Waals surface area contributed by atoms with Gasteiger partial charge in [-0.15, -0.1) is 0 Å². The van der Waals surface area contributed by atoms with Crippen LogP contribution in [0.4, 0.5) is 10.1 Å². The zero-order valence-electron chi connectivity index (χ0n) is 18.3. The Morgan fingerprint density at radius 3 is 2.72 bits per heavy atom. The zero-order chi connectivity index (χ0) is 22.7. The minimum Gasteiger partial charge on any atom is -0.480 e. The van der Waals surface area contributed by atoms with E-state index in [2.05, 4.69) is 22.2 Å². The molecule has 3 aromatic heterocycles. The van der Waals surface area contributed by atoms with Crippen LogP contribution in [0.5, 0.6) is 11.8 Å². The van der Waals surface area contributed by atoms with Crippen molar-refractivity contribution >= 4 is 17.4 Å². The molecule has 0 radical (unpaired) electrons. The third kappa shape index (κ3) is 3.35. The summed E-state index contributed by atoms with van der Waals surface area (Å²) in [5.41, 5.74) is 1.00. The Labute approximate surface area is 183 Å². The quantitative estimate of drug-likeness (QED) is 0.627. The number of hydrogen-bond donors (Lipinski definition) is 1. The van der Waals surface area contributed by atoms with Crippen LogP contribution in [0.2, 0.25) is 0 Å². The summed E-state index contributed by atoms with van der Waals surface area (Å²) in [7, 11) is 1.39. The van der Waals surface area contributed by atoms with Crippen LogP contribution >= 0.6 is 0 Å². The van der Waals surface area contributed by atoms with Gasteiger partial charge in [-0.3, -0.25) is 9.20 Å². The van der Waals surface area contributed by atoms with Crippen molar-refractivity contribution in [3.05, 3.63) is 41.7 Å². The average Bonchev–Trinajstić information content (AvgIpc) is 3.37. The van der Waals surface area contributed by atoms with E-state index in [1.807, 2.05) is 20.0 Å². The van der Waals surface area contributed by atoms with Crippen LogP contribution in [0.15, 0.2) is 24.7 Å². The molecule has 1 aliphatic carbocycles. The highest BCUT2D eigenvalue weighted by molar-refractivity contribution is 6.06. The molecule has 0 unspecified atom stereocenters. The van der Waals surface area contributed by atoms with E-state index >= 15 is 0 Å². The van der Waals surface area contributed by atoms with Gasteiger partial charge in [-0.2, -0.15) is 4.98 Å². The lowest BCUT2D eigenvalue weighted by Crippen LogP contribution is -2.45. The maximum atomic E-state index is 13.7. The van der Waals surface area contributed by atoms with Crippen molar-refractivity contribution in [3.8, 4) is 11.8 Å². The summed E-state index contributed by atoms with van der Waals surface area (Å²) >= 11 is 0. The third-order valence-corrected chi connectivity index (χ3v) is 5.93. The maximum absolute atomic E-state index is 13.7. The van der Waals surface area contributed by atoms with Gasteiger partial charge in [0.05, 0.1) is 37.3 Å². The fourth-order valence-corrected chi connectivity index (χ4v) is 4.65. The van der Waals surface area contributed by atoms with Crippen LogP contribution in [0.25, 0.3) is 5.78 Å². The molecule has 168 valence electrons. The number of nitrogens with zero attached hydrogens (tertiary/aromatic N) is 4. The van der Waals surface area contributed by atoms with Crippen molar-refractivity contribution < 1.29 is 23.4 Å². The second kappa shape index (κ2) is 7.13. The molecular formula is C22H24FN5O4. The normalized spacial score (nSPS) is 23.9. The van der Waals surface area contributed by atoms with Crippen LogP contribution in [0, 0.1) is 5.82 Å². The van der Waals surface area contributed by atoms with Gasteiger partial charge in [0.15, 0.2) is 0 Å². The summed E-state index contributed by atoms with van der Waals surface area (Å²) in [6.07, 6.45) is 6.13. The van der Waals surface area contributed by atoms with Gasteiger partial charge in [0.1, 0.15) is 17.1 Å². The fourth-order valence-electron chi connectivity index (χ4n) is 4.65. The first kappa shape index (κ1) is 20.6. The van der Waals surface area contributed by atoms with Crippen molar-refractivity contribution in [1.82, 2.24) is 19.4 Å². The Morgan fingerprint density at radius 2 is 2.06 bits per heavy atom. The van der Waals surface area contributed by atoms with E-state index in [0.29, 0.717) is 12.4 Å². The molecular weight excluding hydrogens is 417 g/mol. The van der Waals surface area contributed by atoms with Gasteiger partial charge < -0.3 is 19.5 Å². The lowest BCUT2D eigenvalue weighted by molar-refractivity contribution is 0.0154. The SMILES string of the molecule is COc1ncc(F)cc1NC(=O)c1cn2cc(C34COC(C)(C3)C4)nc2nc1OC(C)C. The molecule has 5 heterocycles. The van der Waals surface area contributed by atoms with Crippen molar-refractivity contribution in [2.75, 3.05) is 19.0 Å². The highest BCUT2D eigenvalue weighted by Gasteiger charge is 2.61. The van der Waals surface area contributed by atoms with Crippen LogP contribution < -0.4 is 14.8 Å². The van der Waals surface area contributed by atoms with Crippen molar-refractivity contribution in [3.63, 3.8) is 0 Å². The molecule has 10 heteroatoms. The molecule has 3 aromatic rings. The summed E-state index contributed by atoms with van der Waals surface area (Å²) in [6, 6.07) is 1.14. The Kier molecular flexibility index (Phi) is 4.59. The standard InChI is InChI=1S/C22H24FN5O4/c1-12(2)32-18-14(17(29)25-15-5-13(23)6-24-19(15)30-4)7-28-8-16(26-20(28)27-18)22-9-21(3,10-22)31-11-22/h5-8,12H,9-11H2,1-4H3,(H,25,29). The van der Waals surface area contributed by atoms with Gasteiger partial charge in [0, 0.05) is 23.9 Å². The molecule has 2 aliphatic heterocycles. The van der Waals surface area contributed by atoms with Crippen molar-refractivity contribution in [2.24, 2.45) is 0 Å². The highest BCUT2D eigenvalue weighted by atomic mass is 19.1. The number of amides is 1. The summed E-state index contributed by atoms with van der Waals surface area (Å²) in [4.78, 5) is 26.2. The highest BCUT2D eigenvalue weighted by Crippen LogP contribution is 2.58. The number of carbonyl (C=O) groups is 1. The topological polar surface area (TPSA) is 99.9 Å². The predicted octanol–water partition coefficient (Wildman–Crippen LogP) is 3.13. The molecule has 1 N–H and O–H groups in total. The Hall–Kier alpha value is -3.27. The monoisotopic (exact) mass is 441 g/mol. The molecule has 0 aromatic carbocycles. The first-order valence-electron chi connectivity index (χ1n) is 10.4. The van der Waals surface area contributed by atoms with E-state index in [-0.39, 0.29) is 40.1 Å². The molecule has 1 saturated carbocycles. The largest absolute Gasteiger partial charge is 0.480 e. The summed E-state index contributed by atoms with van der Waals surface area (Å²) in [6.45, 7) is 6.42. The maximum Gasteiger partial charge on any atom is 0.262 e. The Bertz CT molecular complexity index is 1220. The number of ether oxygens (including phenoxy) is 3. The smallest absolute Gasteiger partial charge is 0.262 e. The first-order valence-corrected chi connectivity index (χ1v) is 10.4. The van der Waals surface area contributed by atoms with E-state index in [0.717, 1.165) is 30.8 Å². The number of fused-ring (bicyclic) bond motifs is 2. The molecule has 0 atom stereocenters. The molecule has 6 rings (SSSR count). The van der Waals surface area contributed by atoms with Gasteiger partial charge in [-0.25, -0.2) is 14.4 Å². The third-order valence-electron chi connectivity index (χ3n) is 5.93. The second-order valence-corrected chi connectivity index (χ2v) is 9.00. The number of aromatic nitrogens is 4. The second-order valence-electron chi connectivity index (χ2n) is 9.00.